The van der Waals surface area contributed by atoms with Crippen LogP contribution in [0.4, 0.5) is 14.9 Å². The molecule has 1 aromatic carbocycles. The second kappa shape index (κ2) is 9.71. The number of sulfonamides is 1. The number of urea groups is 1. The number of piperazine rings is 1. The van der Waals surface area contributed by atoms with Gasteiger partial charge in [-0.15, -0.1) is 0 Å². The average molecular weight is 450 g/mol. The Balaban J connectivity index is 1.70. The Labute approximate surface area is 182 Å². The Morgan fingerprint density at radius 1 is 1.19 bits per heavy atom. The smallest absolute Gasteiger partial charge is 0.319 e. The first-order valence-corrected chi connectivity index (χ1v) is 11.8. The highest BCUT2D eigenvalue weighted by Crippen LogP contribution is 2.20. The van der Waals surface area contributed by atoms with Crippen molar-refractivity contribution in [1.82, 2.24) is 14.2 Å². The van der Waals surface area contributed by atoms with Gasteiger partial charge in [0.15, 0.2) is 0 Å². The molecule has 2 heterocycles. The van der Waals surface area contributed by atoms with Gasteiger partial charge in [-0.1, -0.05) is 6.07 Å². The first-order chi connectivity index (χ1) is 14.7. The molecule has 2 aromatic rings. The predicted octanol–water partition coefficient (Wildman–Crippen LogP) is 2.08. The summed E-state index contributed by atoms with van der Waals surface area (Å²) in [5, 5.41) is 0. The number of aromatic nitrogens is 1. The minimum Gasteiger partial charge on any atom is -0.351 e. The number of anilines is 1. The standard InChI is InChI=1S/C21H28FN5O3S/c1-3-31(29,30)26-10-8-25(9-11-26)15-18-12-17(5-7-20(18)22)14-27(21(23)28)19-6-4-16(2)24-13-19/h4-7,12-13H,3,8-11,14-15H2,1-2H3,(H2,23,28). The van der Waals surface area contributed by atoms with Gasteiger partial charge in [0, 0.05) is 44.0 Å². The van der Waals surface area contributed by atoms with E-state index in [1.165, 1.54) is 15.3 Å². The molecule has 1 aliphatic heterocycles. The van der Waals surface area contributed by atoms with Crippen molar-refractivity contribution in [2.75, 3.05) is 36.8 Å². The summed E-state index contributed by atoms with van der Waals surface area (Å²) in [5.74, 6) is -0.258. The SMILES string of the molecule is CCS(=O)(=O)N1CCN(Cc2cc(CN(C(N)=O)c3ccc(C)nc3)ccc2F)CC1. The Bertz CT molecular complexity index is 1020. The van der Waals surface area contributed by atoms with Crippen LogP contribution in [0.1, 0.15) is 23.7 Å². The molecule has 0 atom stereocenters. The summed E-state index contributed by atoms with van der Waals surface area (Å²) in [6.07, 6.45) is 1.58. The van der Waals surface area contributed by atoms with Crippen LogP contribution in [0.25, 0.3) is 0 Å². The number of carbonyl (C=O) groups excluding carboxylic acids is 1. The number of amides is 2. The Kier molecular flexibility index (Phi) is 7.24. The molecule has 0 bridgehead atoms. The van der Waals surface area contributed by atoms with Gasteiger partial charge in [-0.05, 0) is 43.7 Å². The highest BCUT2D eigenvalue weighted by molar-refractivity contribution is 7.89. The van der Waals surface area contributed by atoms with Crippen molar-refractivity contribution >= 4 is 21.7 Å². The largest absolute Gasteiger partial charge is 0.351 e. The summed E-state index contributed by atoms with van der Waals surface area (Å²) < 4.78 is 40.0. The molecule has 0 unspecified atom stereocenters. The second-order valence-electron chi connectivity index (χ2n) is 7.58. The van der Waals surface area contributed by atoms with Crippen LogP contribution in [0.15, 0.2) is 36.5 Å². The number of aryl methyl sites for hydroxylation is 1. The lowest BCUT2D eigenvalue weighted by atomic mass is 10.1. The average Bonchev–Trinajstić information content (AvgIpc) is 2.75. The molecule has 1 fully saturated rings. The van der Waals surface area contributed by atoms with Gasteiger partial charge in [0.2, 0.25) is 10.0 Å². The topological polar surface area (TPSA) is 99.8 Å². The molecule has 2 N–H and O–H groups in total. The van der Waals surface area contributed by atoms with Crippen LogP contribution in [0, 0.1) is 12.7 Å². The van der Waals surface area contributed by atoms with Gasteiger partial charge in [-0.25, -0.2) is 17.6 Å². The predicted molar refractivity (Wildman–Crippen MR) is 117 cm³/mol. The molecule has 1 saturated heterocycles. The Morgan fingerprint density at radius 3 is 2.48 bits per heavy atom. The quantitative estimate of drug-likeness (QED) is 0.698. The van der Waals surface area contributed by atoms with Crippen molar-refractivity contribution in [3.8, 4) is 0 Å². The van der Waals surface area contributed by atoms with E-state index >= 15 is 0 Å². The molecule has 10 heteroatoms. The van der Waals surface area contributed by atoms with E-state index in [-0.39, 0.29) is 18.1 Å². The zero-order valence-corrected chi connectivity index (χ0v) is 18.6. The maximum Gasteiger partial charge on any atom is 0.319 e. The third-order valence-electron chi connectivity index (χ3n) is 5.41. The van der Waals surface area contributed by atoms with E-state index in [9.17, 15) is 17.6 Å². The van der Waals surface area contributed by atoms with Crippen molar-refractivity contribution < 1.29 is 17.6 Å². The lowest BCUT2D eigenvalue weighted by Crippen LogP contribution is -2.48. The summed E-state index contributed by atoms with van der Waals surface area (Å²) >= 11 is 0. The molecule has 8 nitrogen and oxygen atoms in total. The van der Waals surface area contributed by atoms with Gasteiger partial charge in [0.1, 0.15) is 5.82 Å². The number of pyridine rings is 1. The second-order valence-corrected chi connectivity index (χ2v) is 9.84. The van der Waals surface area contributed by atoms with E-state index in [1.807, 2.05) is 11.8 Å². The fourth-order valence-electron chi connectivity index (χ4n) is 3.54. The fraction of sp³-hybridized carbons (Fsp3) is 0.429. The van der Waals surface area contributed by atoms with Crippen LogP contribution in [0.3, 0.4) is 0 Å². The van der Waals surface area contributed by atoms with Crippen LogP contribution >= 0.6 is 0 Å². The number of hydrogen-bond acceptors (Lipinski definition) is 5. The van der Waals surface area contributed by atoms with Crippen molar-refractivity contribution in [2.24, 2.45) is 5.73 Å². The number of rotatable bonds is 7. The third kappa shape index (κ3) is 5.78. The monoisotopic (exact) mass is 449 g/mol. The molecule has 0 radical (unpaired) electrons. The van der Waals surface area contributed by atoms with E-state index in [2.05, 4.69) is 4.98 Å². The molecule has 168 valence electrons. The number of halogens is 1. The molecule has 1 aromatic heterocycles. The maximum atomic E-state index is 14.5. The summed E-state index contributed by atoms with van der Waals surface area (Å²) in [6.45, 7) is 5.89. The Hall–Kier alpha value is -2.56. The fourth-order valence-corrected chi connectivity index (χ4v) is 4.62. The van der Waals surface area contributed by atoms with E-state index in [4.69, 9.17) is 5.73 Å². The van der Waals surface area contributed by atoms with E-state index < -0.39 is 16.1 Å². The summed E-state index contributed by atoms with van der Waals surface area (Å²) in [7, 11) is -3.20. The molecule has 2 amide bonds. The molecular weight excluding hydrogens is 421 g/mol. The minimum absolute atomic E-state index is 0.0799. The zero-order valence-electron chi connectivity index (χ0n) is 17.8. The van der Waals surface area contributed by atoms with Crippen LogP contribution < -0.4 is 10.6 Å². The van der Waals surface area contributed by atoms with Crippen molar-refractivity contribution in [2.45, 2.75) is 26.9 Å². The number of hydrogen-bond donors (Lipinski definition) is 1. The molecule has 1 aliphatic rings. The van der Waals surface area contributed by atoms with E-state index in [0.29, 0.717) is 44.0 Å². The van der Waals surface area contributed by atoms with E-state index in [1.54, 1.807) is 37.4 Å². The molecule has 0 spiro atoms. The summed E-state index contributed by atoms with van der Waals surface area (Å²) in [4.78, 5) is 19.6. The van der Waals surface area contributed by atoms with Crippen LogP contribution in [0.5, 0.6) is 0 Å². The molecule has 31 heavy (non-hydrogen) atoms. The minimum atomic E-state index is -3.20. The third-order valence-corrected chi connectivity index (χ3v) is 7.29. The van der Waals surface area contributed by atoms with Gasteiger partial charge in [0.05, 0.1) is 24.2 Å². The first-order valence-electron chi connectivity index (χ1n) is 10.2. The lowest BCUT2D eigenvalue weighted by molar-refractivity contribution is 0.180. The molecule has 0 saturated carbocycles. The number of benzene rings is 1. The van der Waals surface area contributed by atoms with Crippen molar-refractivity contribution in [3.05, 3.63) is 59.2 Å². The van der Waals surface area contributed by atoms with Crippen molar-refractivity contribution in [3.63, 3.8) is 0 Å². The Morgan fingerprint density at radius 2 is 1.90 bits per heavy atom. The molecular formula is C21H28FN5O3S. The normalized spacial score (nSPS) is 15.7. The van der Waals surface area contributed by atoms with Gasteiger partial charge in [-0.2, -0.15) is 4.31 Å². The van der Waals surface area contributed by atoms with Gasteiger partial charge in [-0.3, -0.25) is 14.8 Å². The molecule has 0 aliphatic carbocycles. The first kappa shape index (κ1) is 23.1. The number of primary amides is 1. The van der Waals surface area contributed by atoms with Crippen LogP contribution in [-0.4, -0.2) is 60.6 Å². The number of nitrogens with two attached hydrogens (primary N) is 1. The summed E-state index contributed by atoms with van der Waals surface area (Å²) in [6, 6.07) is 7.67. The zero-order chi connectivity index (χ0) is 22.6. The van der Waals surface area contributed by atoms with Gasteiger partial charge in [0.25, 0.3) is 0 Å². The number of carbonyl (C=O) groups is 1. The summed E-state index contributed by atoms with van der Waals surface area (Å²) in [5.41, 5.74) is 8.18. The highest BCUT2D eigenvalue weighted by atomic mass is 32.2. The van der Waals surface area contributed by atoms with Crippen molar-refractivity contribution in [1.29, 1.82) is 0 Å². The lowest BCUT2D eigenvalue weighted by Gasteiger charge is -2.34. The number of nitrogens with zero attached hydrogens (tertiary/aromatic N) is 4. The maximum absolute atomic E-state index is 14.5. The van der Waals surface area contributed by atoms with Crippen LogP contribution in [0.2, 0.25) is 0 Å². The van der Waals surface area contributed by atoms with E-state index in [0.717, 1.165) is 11.3 Å². The van der Waals surface area contributed by atoms with Crippen LogP contribution in [-0.2, 0) is 23.1 Å². The highest BCUT2D eigenvalue weighted by Gasteiger charge is 2.26. The molecule has 3 rings (SSSR count). The van der Waals surface area contributed by atoms with Gasteiger partial charge >= 0.3 is 6.03 Å². The van der Waals surface area contributed by atoms with Gasteiger partial charge < -0.3 is 5.73 Å².